The number of hydrogen-bond donors (Lipinski definition) is 2. The second-order valence-corrected chi connectivity index (χ2v) is 5.47. The zero-order valence-corrected chi connectivity index (χ0v) is 13.0. The Hall–Kier alpha value is -2.14. The molecule has 0 fully saturated rings. The number of aliphatic hydroxyl groups excluding tert-OH is 1. The van der Waals surface area contributed by atoms with E-state index in [1.165, 1.54) is 5.56 Å². The second kappa shape index (κ2) is 7.75. The number of carbonyl (C=O) groups is 1. The Morgan fingerprint density at radius 1 is 1.36 bits per heavy atom. The van der Waals surface area contributed by atoms with Gasteiger partial charge in [-0.2, -0.15) is 0 Å². The summed E-state index contributed by atoms with van der Waals surface area (Å²) in [6.07, 6.45) is 3.03. The molecule has 2 N–H and O–H groups in total. The minimum Gasteiger partial charge on any atom is -0.441 e. The number of rotatable bonds is 7. The lowest BCUT2D eigenvalue weighted by Gasteiger charge is -2.11. The molecular formula is C17H22N2O3. The number of amides is 1. The van der Waals surface area contributed by atoms with Crippen LogP contribution in [-0.2, 0) is 11.2 Å². The van der Waals surface area contributed by atoms with E-state index in [2.05, 4.69) is 10.3 Å². The van der Waals surface area contributed by atoms with Crippen LogP contribution in [0, 0.1) is 6.92 Å². The van der Waals surface area contributed by atoms with Crippen molar-refractivity contribution in [2.75, 3.05) is 6.61 Å². The van der Waals surface area contributed by atoms with Crippen molar-refractivity contribution in [3.05, 3.63) is 41.9 Å². The lowest BCUT2D eigenvalue weighted by Crippen LogP contribution is -2.33. The number of aliphatic hydroxyl groups is 1. The van der Waals surface area contributed by atoms with Gasteiger partial charge in [0.15, 0.2) is 11.7 Å². The largest absolute Gasteiger partial charge is 0.441 e. The molecule has 0 bridgehead atoms. The normalized spacial score (nSPS) is 12.1. The van der Waals surface area contributed by atoms with Gasteiger partial charge in [-0.05, 0) is 20.3 Å². The van der Waals surface area contributed by atoms with E-state index in [1.54, 1.807) is 6.20 Å². The maximum Gasteiger partial charge on any atom is 0.220 e. The third-order valence-corrected chi connectivity index (χ3v) is 3.43. The molecule has 1 atom stereocenters. The Kier molecular flexibility index (Phi) is 5.72. The molecule has 0 radical (unpaired) electrons. The Morgan fingerprint density at radius 3 is 2.77 bits per heavy atom. The fraction of sp³-hybridized carbons (Fsp3) is 0.412. The first-order valence-corrected chi connectivity index (χ1v) is 7.50. The molecule has 0 spiro atoms. The summed E-state index contributed by atoms with van der Waals surface area (Å²) in [4.78, 5) is 16.0. The van der Waals surface area contributed by atoms with E-state index in [-0.39, 0.29) is 18.6 Å². The topological polar surface area (TPSA) is 75.4 Å². The summed E-state index contributed by atoms with van der Waals surface area (Å²) >= 11 is 0. The average molecular weight is 302 g/mol. The minimum absolute atomic E-state index is 0.0230. The van der Waals surface area contributed by atoms with Crippen molar-refractivity contribution in [2.45, 2.75) is 39.2 Å². The van der Waals surface area contributed by atoms with Crippen LogP contribution < -0.4 is 5.32 Å². The zero-order valence-electron chi connectivity index (χ0n) is 13.0. The van der Waals surface area contributed by atoms with Gasteiger partial charge < -0.3 is 14.8 Å². The van der Waals surface area contributed by atoms with Crippen LogP contribution in [0.15, 0.2) is 34.9 Å². The first-order chi connectivity index (χ1) is 10.6. The number of aromatic nitrogens is 1. The molecule has 0 aliphatic rings. The van der Waals surface area contributed by atoms with Crippen molar-refractivity contribution in [1.29, 1.82) is 0 Å². The second-order valence-electron chi connectivity index (χ2n) is 5.47. The first kappa shape index (κ1) is 16.2. The SMILES string of the molecule is Cc1ccc(-c2cnc(CCC(=O)NC(C)CCO)o2)cc1. The van der Waals surface area contributed by atoms with E-state index < -0.39 is 0 Å². The molecule has 2 aromatic rings. The van der Waals surface area contributed by atoms with E-state index in [4.69, 9.17) is 9.52 Å². The molecule has 1 heterocycles. The number of nitrogens with zero attached hydrogens (tertiary/aromatic N) is 1. The number of aryl methyl sites for hydroxylation is 2. The molecule has 0 saturated heterocycles. The third-order valence-electron chi connectivity index (χ3n) is 3.43. The summed E-state index contributed by atoms with van der Waals surface area (Å²) < 4.78 is 5.68. The van der Waals surface area contributed by atoms with Crippen LogP contribution in [0.3, 0.4) is 0 Å². The van der Waals surface area contributed by atoms with Gasteiger partial charge in [0.25, 0.3) is 0 Å². The summed E-state index contributed by atoms with van der Waals surface area (Å²) in [5.41, 5.74) is 2.17. The fourth-order valence-electron chi connectivity index (χ4n) is 2.11. The van der Waals surface area contributed by atoms with Gasteiger partial charge in [0.2, 0.25) is 5.91 Å². The highest BCUT2D eigenvalue weighted by molar-refractivity contribution is 5.76. The van der Waals surface area contributed by atoms with Crippen LogP contribution in [-0.4, -0.2) is 28.6 Å². The van der Waals surface area contributed by atoms with Gasteiger partial charge in [-0.1, -0.05) is 29.8 Å². The van der Waals surface area contributed by atoms with E-state index >= 15 is 0 Å². The van der Waals surface area contributed by atoms with E-state index in [0.717, 1.165) is 5.56 Å². The molecule has 0 saturated carbocycles. The van der Waals surface area contributed by atoms with Crippen molar-refractivity contribution >= 4 is 5.91 Å². The smallest absolute Gasteiger partial charge is 0.220 e. The fourth-order valence-corrected chi connectivity index (χ4v) is 2.11. The number of nitrogens with one attached hydrogen (secondary N) is 1. The van der Waals surface area contributed by atoms with Crippen LogP contribution in [0.2, 0.25) is 0 Å². The predicted octanol–water partition coefficient (Wildman–Crippen LogP) is 2.47. The average Bonchev–Trinajstić information content (AvgIpc) is 2.95. The summed E-state index contributed by atoms with van der Waals surface area (Å²) in [7, 11) is 0. The molecule has 5 heteroatoms. The van der Waals surface area contributed by atoms with Crippen molar-refractivity contribution in [2.24, 2.45) is 0 Å². The summed E-state index contributed by atoms with van der Waals surface area (Å²) in [5.74, 6) is 1.21. The van der Waals surface area contributed by atoms with Crippen molar-refractivity contribution in [3.8, 4) is 11.3 Å². The number of carbonyl (C=O) groups excluding carboxylic acids is 1. The lowest BCUT2D eigenvalue weighted by atomic mass is 10.1. The zero-order chi connectivity index (χ0) is 15.9. The van der Waals surface area contributed by atoms with Crippen LogP contribution in [0.5, 0.6) is 0 Å². The molecule has 0 aliphatic heterocycles. The van der Waals surface area contributed by atoms with Crippen molar-refractivity contribution in [1.82, 2.24) is 10.3 Å². The minimum atomic E-state index is -0.0592. The van der Waals surface area contributed by atoms with E-state index in [0.29, 0.717) is 30.9 Å². The van der Waals surface area contributed by atoms with Gasteiger partial charge in [-0.15, -0.1) is 0 Å². The highest BCUT2D eigenvalue weighted by atomic mass is 16.4. The summed E-state index contributed by atoms with van der Waals surface area (Å²) in [6.45, 7) is 3.97. The Balaban J connectivity index is 1.87. The standard InChI is InChI=1S/C17H22N2O3/c1-12-3-5-14(6-4-12)15-11-18-17(22-15)8-7-16(21)19-13(2)9-10-20/h3-6,11,13,20H,7-10H2,1-2H3,(H,19,21). The third kappa shape index (κ3) is 4.70. The molecular weight excluding hydrogens is 280 g/mol. The van der Waals surface area contributed by atoms with E-state index in [1.807, 2.05) is 38.1 Å². The van der Waals surface area contributed by atoms with Gasteiger partial charge in [0.05, 0.1) is 6.20 Å². The predicted molar refractivity (Wildman–Crippen MR) is 84.3 cm³/mol. The van der Waals surface area contributed by atoms with Crippen LogP contribution in [0.4, 0.5) is 0 Å². The molecule has 1 unspecified atom stereocenters. The number of benzene rings is 1. The van der Waals surface area contributed by atoms with Crippen LogP contribution >= 0.6 is 0 Å². The van der Waals surface area contributed by atoms with Gasteiger partial charge in [0, 0.05) is 31.1 Å². The number of oxazole rings is 1. The molecule has 0 aliphatic carbocycles. The lowest BCUT2D eigenvalue weighted by molar-refractivity contribution is -0.121. The molecule has 1 amide bonds. The van der Waals surface area contributed by atoms with Crippen molar-refractivity contribution < 1.29 is 14.3 Å². The molecule has 1 aromatic carbocycles. The van der Waals surface area contributed by atoms with Gasteiger partial charge >= 0.3 is 0 Å². The van der Waals surface area contributed by atoms with Crippen LogP contribution in [0.1, 0.15) is 31.2 Å². The molecule has 5 nitrogen and oxygen atoms in total. The van der Waals surface area contributed by atoms with Gasteiger partial charge in [-0.3, -0.25) is 4.79 Å². The van der Waals surface area contributed by atoms with Crippen molar-refractivity contribution in [3.63, 3.8) is 0 Å². The summed E-state index contributed by atoms with van der Waals surface area (Å²) in [5, 5.41) is 11.6. The Labute approximate surface area is 130 Å². The van der Waals surface area contributed by atoms with E-state index in [9.17, 15) is 4.79 Å². The maximum absolute atomic E-state index is 11.8. The summed E-state index contributed by atoms with van der Waals surface area (Å²) in [6, 6.07) is 8.00. The van der Waals surface area contributed by atoms with Crippen LogP contribution in [0.25, 0.3) is 11.3 Å². The highest BCUT2D eigenvalue weighted by Crippen LogP contribution is 2.21. The maximum atomic E-state index is 11.8. The first-order valence-electron chi connectivity index (χ1n) is 7.50. The molecule has 118 valence electrons. The Bertz CT molecular complexity index is 605. The molecule has 22 heavy (non-hydrogen) atoms. The number of hydrogen-bond acceptors (Lipinski definition) is 4. The van der Waals surface area contributed by atoms with Gasteiger partial charge in [0.1, 0.15) is 0 Å². The highest BCUT2D eigenvalue weighted by Gasteiger charge is 2.10. The van der Waals surface area contributed by atoms with Gasteiger partial charge in [-0.25, -0.2) is 4.98 Å². The Morgan fingerprint density at radius 2 is 2.09 bits per heavy atom. The quantitative estimate of drug-likeness (QED) is 0.824. The molecule has 1 aromatic heterocycles. The monoisotopic (exact) mass is 302 g/mol. The molecule has 2 rings (SSSR count).